The van der Waals surface area contributed by atoms with E-state index >= 15 is 0 Å². The minimum absolute atomic E-state index is 0.343. The predicted molar refractivity (Wildman–Crippen MR) is 94.2 cm³/mol. The van der Waals surface area contributed by atoms with Crippen molar-refractivity contribution in [1.82, 2.24) is 5.32 Å². The Kier molecular flexibility index (Phi) is 5.43. The van der Waals surface area contributed by atoms with Gasteiger partial charge in [-0.2, -0.15) is 0 Å². The maximum Gasteiger partial charge on any atom is 0.0442 e. The number of rotatable bonds is 6. The first-order valence-electron chi connectivity index (χ1n) is 7.55. The fourth-order valence-electron chi connectivity index (χ4n) is 2.50. The minimum atomic E-state index is 0.343. The van der Waals surface area contributed by atoms with Crippen molar-refractivity contribution in [2.45, 2.75) is 32.9 Å². The summed E-state index contributed by atoms with van der Waals surface area (Å²) >= 11 is 1.83. The maximum atomic E-state index is 3.78. The molecule has 1 aromatic heterocycles. The van der Waals surface area contributed by atoms with Gasteiger partial charge >= 0.3 is 0 Å². The van der Waals surface area contributed by atoms with Crippen molar-refractivity contribution in [3.63, 3.8) is 0 Å². The highest BCUT2D eigenvalue weighted by atomic mass is 32.1. The van der Waals surface area contributed by atoms with Crippen molar-refractivity contribution in [3.8, 4) is 0 Å². The van der Waals surface area contributed by atoms with E-state index in [-0.39, 0.29) is 0 Å². The van der Waals surface area contributed by atoms with E-state index in [4.69, 9.17) is 0 Å². The molecule has 0 aliphatic carbocycles. The Labute approximate surface area is 132 Å². The molecule has 0 fully saturated rings. The monoisotopic (exact) mass is 302 g/mol. The van der Waals surface area contributed by atoms with Crippen LogP contribution in [0.25, 0.3) is 0 Å². The normalized spacial score (nSPS) is 14.2. The van der Waals surface area contributed by atoms with Gasteiger partial charge in [-0.15, -0.1) is 11.3 Å². The van der Waals surface area contributed by atoms with Crippen LogP contribution in [-0.2, 0) is 0 Å². The van der Waals surface area contributed by atoms with Gasteiger partial charge < -0.3 is 10.2 Å². The van der Waals surface area contributed by atoms with Crippen LogP contribution in [0.3, 0.4) is 0 Å². The Morgan fingerprint density at radius 2 is 1.67 bits per heavy atom. The van der Waals surface area contributed by atoms with Gasteiger partial charge in [0.15, 0.2) is 0 Å². The molecule has 0 aliphatic heterocycles. The molecule has 2 unspecified atom stereocenters. The lowest BCUT2D eigenvalue weighted by Crippen LogP contribution is -2.27. The van der Waals surface area contributed by atoms with E-state index in [2.05, 4.69) is 86.9 Å². The average Bonchev–Trinajstić information content (AvgIpc) is 2.98. The van der Waals surface area contributed by atoms with Gasteiger partial charge in [-0.25, -0.2) is 0 Å². The summed E-state index contributed by atoms with van der Waals surface area (Å²) in [4.78, 5) is 3.55. The molecule has 0 aliphatic rings. The quantitative estimate of drug-likeness (QED) is 0.819. The molecule has 21 heavy (non-hydrogen) atoms. The lowest BCUT2D eigenvalue weighted by Gasteiger charge is -2.26. The Morgan fingerprint density at radius 3 is 2.14 bits per heavy atom. The summed E-state index contributed by atoms with van der Waals surface area (Å²) in [6, 6.07) is 13.9. The van der Waals surface area contributed by atoms with Gasteiger partial charge in [-0.3, -0.25) is 0 Å². The van der Waals surface area contributed by atoms with Gasteiger partial charge in [0, 0.05) is 36.7 Å². The SMILES string of the molecule is CC(NC(c1cccs1)C(C)C)c1ccc(N(C)C)cc1. The van der Waals surface area contributed by atoms with Crippen LogP contribution in [0.4, 0.5) is 5.69 Å². The Hall–Kier alpha value is -1.32. The van der Waals surface area contributed by atoms with Crippen LogP contribution in [0, 0.1) is 5.92 Å². The van der Waals surface area contributed by atoms with E-state index in [1.54, 1.807) is 0 Å². The third kappa shape index (κ3) is 4.08. The molecule has 0 spiro atoms. The van der Waals surface area contributed by atoms with Crippen LogP contribution in [0.1, 0.15) is 43.3 Å². The average molecular weight is 302 g/mol. The zero-order valence-corrected chi connectivity index (χ0v) is 14.4. The van der Waals surface area contributed by atoms with Gasteiger partial charge in [0.1, 0.15) is 0 Å². The van der Waals surface area contributed by atoms with Gasteiger partial charge in [0.25, 0.3) is 0 Å². The molecule has 0 radical (unpaired) electrons. The van der Waals surface area contributed by atoms with E-state index < -0.39 is 0 Å². The highest BCUT2D eigenvalue weighted by Gasteiger charge is 2.19. The molecule has 3 heteroatoms. The molecule has 1 aromatic carbocycles. The van der Waals surface area contributed by atoms with Gasteiger partial charge in [-0.05, 0) is 42.0 Å². The number of hydrogen-bond donors (Lipinski definition) is 1. The summed E-state index contributed by atoms with van der Waals surface area (Å²) < 4.78 is 0. The highest BCUT2D eigenvalue weighted by Crippen LogP contribution is 2.29. The second-order valence-electron chi connectivity index (χ2n) is 6.11. The summed E-state index contributed by atoms with van der Waals surface area (Å²) in [6.07, 6.45) is 0. The largest absolute Gasteiger partial charge is 0.378 e. The number of anilines is 1. The third-order valence-electron chi connectivity index (χ3n) is 3.86. The maximum absolute atomic E-state index is 3.78. The van der Waals surface area contributed by atoms with Crippen LogP contribution in [0.2, 0.25) is 0 Å². The van der Waals surface area contributed by atoms with E-state index in [0.29, 0.717) is 18.0 Å². The molecular weight excluding hydrogens is 276 g/mol. The molecule has 0 saturated carbocycles. The summed E-state index contributed by atoms with van der Waals surface area (Å²) in [5.41, 5.74) is 2.58. The second kappa shape index (κ2) is 7.10. The summed E-state index contributed by atoms with van der Waals surface area (Å²) in [5, 5.41) is 5.94. The fraction of sp³-hybridized carbons (Fsp3) is 0.444. The number of nitrogens with one attached hydrogen (secondary N) is 1. The van der Waals surface area contributed by atoms with Crippen molar-refractivity contribution in [3.05, 3.63) is 52.2 Å². The topological polar surface area (TPSA) is 15.3 Å². The zero-order chi connectivity index (χ0) is 15.4. The van der Waals surface area contributed by atoms with Gasteiger partial charge in [-0.1, -0.05) is 32.0 Å². The summed E-state index contributed by atoms with van der Waals surface area (Å²) in [5.74, 6) is 0.576. The first-order chi connectivity index (χ1) is 9.99. The highest BCUT2D eigenvalue weighted by molar-refractivity contribution is 7.10. The third-order valence-corrected chi connectivity index (χ3v) is 4.81. The molecule has 2 aromatic rings. The Morgan fingerprint density at radius 1 is 1.00 bits per heavy atom. The Bertz CT molecular complexity index is 529. The molecule has 2 rings (SSSR count). The second-order valence-corrected chi connectivity index (χ2v) is 7.09. The molecule has 114 valence electrons. The predicted octanol–water partition coefficient (Wildman–Crippen LogP) is 4.86. The number of thiophene rings is 1. The van der Waals surface area contributed by atoms with Crippen molar-refractivity contribution in [2.24, 2.45) is 5.92 Å². The van der Waals surface area contributed by atoms with Crippen LogP contribution in [0.15, 0.2) is 41.8 Å². The zero-order valence-electron chi connectivity index (χ0n) is 13.6. The molecule has 2 atom stereocenters. The first-order valence-corrected chi connectivity index (χ1v) is 8.43. The van der Waals surface area contributed by atoms with Gasteiger partial charge in [0.05, 0.1) is 0 Å². The first kappa shape index (κ1) is 16.1. The molecule has 0 amide bonds. The van der Waals surface area contributed by atoms with Gasteiger partial charge in [0.2, 0.25) is 0 Å². The van der Waals surface area contributed by atoms with Crippen molar-refractivity contribution < 1.29 is 0 Å². The van der Waals surface area contributed by atoms with E-state index in [1.165, 1.54) is 16.1 Å². The lowest BCUT2D eigenvalue weighted by atomic mass is 9.99. The molecule has 1 N–H and O–H groups in total. The van der Waals surface area contributed by atoms with Crippen LogP contribution in [-0.4, -0.2) is 14.1 Å². The lowest BCUT2D eigenvalue weighted by molar-refractivity contribution is 0.379. The van der Waals surface area contributed by atoms with E-state index in [0.717, 1.165) is 0 Å². The van der Waals surface area contributed by atoms with Crippen LogP contribution < -0.4 is 10.2 Å². The standard InChI is InChI=1S/C18H26N2S/c1-13(2)18(17-7-6-12-21-17)19-14(3)15-8-10-16(11-9-15)20(4)5/h6-14,18-19H,1-5H3. The van der Waals surface area contributed by atoms with Crippen LogP contribution in [0.5, 0.6) is 0 Å². The minimum Gasteiger partial charge on any atom is -0.378 e. The van der Waals surface area contributed by atoms with E-state index in [9.17, 15) is 0 Å². The summed E-state index contributed by atoms with van der Waals surface area (Å²) in [7, 11) is 4.14. The molecule has 0 saturated heterocycles. The molecule has 2 nitrogen and oxygen atoms in total. The molecular formula is C18H26N2S. The fourth-order valence-corrected chi connectivity index (χ4v) is 3.46. The van der Waals surface area contributed by atoms with Crippen molar-refractivity contribution in [1.29, 1.82) is 0 Å². The van der Waals surface area contributed by atoms with Crippen LogP contribution >= 0.6 is 11.3 Å². The smallest absolute Gasteiger partial charge is 0.0442 e. The number of benzene rings is 1. The van der Waals surface area contributed by atoms with E-state index in [1.807, 2.05) is 11.3 Å². The Balaban J connectivity index is 2.10. The molecule has 1 heterocycles. The van der Waals surface area contributed by atoms with Crippen molar-refractivity contribution >= 4 is 17.0 Å². The summed E-state index contributed by atoms with van der Waals surface area (Å²) in [6.45, 7) is 6.80. The number of hydrogen-bond acceptors (Lipinski definition) is 3. The molecule has 0 bridgehead atoms. The number of nitrogens with zero attached hydrogens (tertiary/aromatic N) is 1. The van der Waals surface area contributed by atoms with Crippen molar-refractivity contribution in [2.75, 3.05) is 19.0 Å².